The van der Waals surface area contributed by atoms with Crippen molar-refractivity contribution in [2.45, 2.75) is 19.1 Å². The Morgan fingerprint density at radius 2 is 2.35 bits per heavy atom. The van der Waals surface area contributed by atoms with Gasteiger partial charge in [0.05, 0.1) is 19.3 Å². The standard InChI is InChI=1S/C15H18FN3O/c1-10-5-13(16)12(6-14(10)17-2)15-8-19-4-3-18-7-11(19)9-20-15/h5-6,11,15,18H,3-4,7-9H2,1H3/t11-,15-/m1/s1. The summed E-state index contributed by atoms with van der Waals surface area (Å²) in [5, 5.41) is 3.34. The highest BCUT2D eigenvalue weighted by Crippen LogP contribution is 2.31. The number of hydrogen-bond donors (Lipinski definition) is 1. The Balaban J connectivity index is 1.85. The molecule has 2 atom stereocenters. The van der Waals surface area contributed by atoms with Crippen molar-refractivity contribution in [3.05, 3.63) is 40.5 Å². The van der Waals surface area contributed by atoms with E-state index >= 15 is 0 Å². The van der Waals surface area contributed by atoms with Gasteiger partial charge in [0.25, 0.3) is 0 Å². The van der Waals surface area contributed by atoms with Gasteiger partial charge in [0, 0.05) is 37.8 Å². The van der Waals surface area contributed by atoms with Crippen molar-refractivity contribution in [1.29, 1.82) is 0 Å². The Morgan fingerprint density at radius 3 is 3.15 bits per heavy atom. The number of rotatable bonds is 1. The van der Waals surface area contributed by atoms with E-state index in [0.717, 1.165) is 19.6 Å². The number of fused-ring (bicyclic) bond motifs is 1. The molecule has 2 fully saturated rings. The molecule has 2 aliphatic rings. The van der Waals surface area contributed by atoms with E-state index in [0.29, 0.717) is 36.0 Å². The summed E-state index contributed by atoms with van der Waals surface area (Å²) in [7, 11) is 0. The second-order valence-corrected chi connectivity index (χ2v) is 5.45. The molecule has 5 heteroatoms. The Kier molecular flexibility index (Phi) is 3.70. The minimum absolute atomic E-state index is 0.270. The van der Waals surface area contributed by atoms with E-state index in [2.05, 4.69) is 15.1 Å². The second kappa shape index (κ2) is 5.49. The smallest absolute Gasteiger partial charge is 0.190 e. The van der Waals surface area contributed by atoms with Crippen LogP contribution >= 0.6 is 0 Å². The molecule has 20 heavy (non-hydrogen) atoms. The van der Waals surface area contributed by atoms with E-state index in [1.807, 2.05) is 0 Å². The molecule has 1 N–H and O–H groups in total. The number of nitrogens with zero attached hydrogens (tertiary/aromatic N) is 2. The van der Waals surface area contributed by atoms with Crippen molar-refractivity contribution < 1.29 is 9.13 Å². The minimum Gasteiger partial charge on any atom is -0.370 e. The van der Waals surface area contributed by atoms with E-state index in [1.54, 1.807) is 13.0 Å². The fourth-order valence-electron chi connectivity index (χ4n) is 2.93. The van der Waals surface area contributed by atoms with Crippen LogP contribution in [0.1, 0.15) is 17.2 Å². The fourth-order valence-corrected chi connectivity index (χ4v) is 2.93. The molecule has 3 rings (SSSR count). The Bertz CT molecular complexity index is 555. The summed E-state index contributed by atoms with van der Waals surface area (Å²) in [5.74, 6) is -0.270. The summed E-state index contributed by atoms with van der Waals surface area (Å²) in [6, 6.07) is 3.47. The molecule has 0 bridgehead atoms. The van der Waals surface area contributed by atoms with Crippen molar-refractivity contribution in [2.75, 3.05) is 32.8 Å². The molecule has 0 unspecified atom stereocenters. The lowest BCUT2D eigenvalue weighted by atomic mass is 10.0. The number of nitrogens with one attached hydrogen (secondary N) is 1. The number of piperazine rings is 1. The maximum atomic E-state index is 14.2. The van der Waals surface area contributed by atoms with E-state index in [1.165, 1.54) is 6.07 Å². The molecule has 0 saturated carbocycles. The first-order valence-corrected chi connectivity index (χ1v) is 6.93. The molecule has 0 spiro atoms. The van der Waals surface area contributed by atoms with E-state index < -0.39 is 0 Å². The number of ether oxygens (including phenoxy) is 1. The highest BCUT2D eigenvalue weighted by Gasteiger charge is 2.32. The molecule has 2 heterocycles. The first-order chi connectivity index (χ1) is 9.69. The van der Waals surface area contributed by atoms with Gasteiger partial charge in [0.1, 0.15) is 5.82 Å². The van der Waals surface area contributed by atoms with Crippen LogP contribution in [0.15, 0.2) is 12.1 Å². The molecule has 0 aromatic heterocycles. The van der Waals surface area contributed by atoms with Crippen LogP contribution in [0.25, 0.3) is 4.85 Å². The first kappa shape index (κ1) is 13.5. The van der Waals surface area contributed by atoms with Crippen molar-refractivity contribution in [2.24, 2.45) is 0 Å². The molecular formula is C15H18FN3O. The molecule has 1 aromatic carbocycles. The normalized spacial score (nSPS) is 26.9. The van der Waals surface area contributed by atoms with Crippen LogP contribution in [0.4, 0.5) is 10.1 Å². The second-order valence-electron chi connectivity index (χ2n) is 5.45. The summed E-state index contributed by atoms with van der Waals surface area (Å²) >= 11 is 0. The maximum absolute atomic E-state index is 14.2. The zero-order chi connectivity index (χ0) is 14.1. The minimum atomic E-state index is -0.273. The van der Waals surface area contributed by atoms with Gasteiger partial charge in [-0.2, -0.15) is 0 Å². The third kappa shape index (κ3) is 2.42. The van der Waals surface area contributed by atoms with Crippen molar-refractivity contribution in [1.82, 2.24) is 10.2 Å². The zero-order valence-electron chi connectivity index (χ0n) is 11.5. The third-order valence-corrected chi connectivity index (χ3v) is 4.14. The lowest BCUT2D eigenvalue weighted by Gasteiger charge is -2.42. The van der Waals surface area contributed by atoms with Gasteiger partial charge in [-0.25, -0.2) is 9.24 Å². The topological polar surface area (TPSA) is 28.9 Å². The van der Waals surface area contributed by atoms with Crippen molar-refractivity contribution in [3.8, 4) is 0 Å². The summed E-state index contributed by atoms with van der Waals surface area (Å²) in [5.41, 5.74) is 1.70. The predicted molar refractivity (Wildman–Crippen MR) is 74.3 cm³/mol. The van der Waals surface area contributed by atoms with Gasteiger partial charge < -0.3 is 10.1 Å². The summed E-state index contributed by atoms with van der Waals surface area (Å²) in [4.78, 5) is 5.80. The molecule has 0 radical (unpaired) electrons. The third-order valence-electron chi connectivity index (χ3n) is 4.14. The van der Waals surface area contributed by atoms with Gasteiger partial charge in [-0.3, -0.25) is 4.90 Å². The quantitative estimate of drug-likeness (QED) is 0.795. The maximum Gasteiger partial charge on any atom is 0.190 e. The van der Waals surface area contributed by atoms with E-state index in [-0.39, 0.29) is 11.9 Å². The average molecular weight is 275 g/mol. The largest absolute Gasteiger partial charge is 0.370 e. The van der Waals surface area contributed by atoms with Gasteiger partial charge in [-0.15, -0.1) is 0 Å². The van der Waals surface area contributed by atoms with Gasteiger partial charge in [-0.1, -0.05) is 0 Å². The SMILES string of the molecule is [C-]#[N+]c1cc([C@H]2CN3CCNC[C@@H]3CO2)c(F)cc1C. The van der Waals surface area contributed by atoms with Gasteiger partial charge >= 0.3 is 0 Å². The van der Waals surface area contributed by atoms with Crippen molar-refractivity contribution >= 4 is 5.69 Å². The molecule has 1 aromatic rings. The van der Waals surface area contributed by atoms with E-state index in [9.17, 15) is 4.39 Å². The van der Waals surface area contributed by atoms with Crippen LogP contribution in [0, 0.1) is 19.3 Å². The molecule has 4 nitrogen and oxygen atoms in total. The lowest BCUT2D eigenvalue weighted by Crippen LogP contribution is -2.57. The molecule has 0 amide bonds. The molecule has 2 aliphatic heterocycles. The monoisotopic (exact) mass is 275 g/mol. The molecule has 106 valence electrons. The Hall–Kier alpha value is -1.48. The van der Waals surface area contributed by atoms with Crippen LogP contribution in [-0.4, -0.2) is 43.7 Å². The van der Waals surface area contributed by atoms with Crippen LogP contribution in [-0.2, 0) is 4.74 Å². The van der Waals surface area contributed by atoms with Crippen LogP contribution < -0.4 is 5.32 Å². The number of morpholine rings is 1. The zero-order valence-corrected chi connectivity index (χ0v) is 11.5. The highest BCUT2D eigenvalue weighted by atomic mass is 19.1. The summed E-state index contributed by atoms with van der Waals surface area (Å²) in [6.45, 7) is 13.1. The highest BCUT2D eigenvalue weighted by molar-refractivity contribution is 5.54. The summed E-state index contributed by atoms with van der Waals surface area (Å²) in [6.07, 6.45) is -0.273. The Morgan fingerprint density at radius 1 is 1.50 bits per heavy atom. The molecular weight excluding hydrogens is 257 g/mol. The molecule has 2 saturated heterocycles. The number of hydrogen-bond acceptors (Lipinski definition) is 3. The predicted octanol–water partition coefficient (Wildman–Crippen LogP) is 2.03. The lowest BCUT2D eigenvalue weighted by molar-refractivity contribution is -0.0729. The van der Waals surface area contributed by atoms with Crippen LogP contribution in [0.5, 0.6) is 0 Å². The van der Waals surface area contributed by atoms with Crippen LogP contribution in [0.3, 0.4) is 0 Å². The summed E-state index contributed by atoms with van der Waals surface area (Å²) < 4.78 is 20.0. The van der Waals surface area contributed by atoms with Gasteiger partial charge in [-0.05, 0) is 24.6 Å². The number of halogens is 1. The number of aryl methyl sites for hydroxylation is 1. The first-order valence-electron chi connectivity index (χ1n) is 6.93. The van der Waals surface area contributed by atoms with Crippen molar-refractivity contribution in [3.63, 3.8) is 0 Å². The number of benzene rings is 1. The fraction of sp³-hybridized carbons (Fsp3) is 0.533. The van der Waals surface area contributed by atoms with Gasteiger partial charge in [0.15, 0.2) is 5.69 Å². The van der Waals surface area contributed by atoms with E-state index in [4.69, 9.17) is 11.3 Å². The van der Waals surface area contributed by atoms with Crippen LogP contribution in [0.2, 0.25) is 0 Å². The average Bonchev–Trinajstić information content (AvgIpc) is 2.47. The van der Waals surface area contributed by atoms with Gasteiger partial charge in [0.2, 0.25) is 0 Å². The Labute approximate surface area is 118 Å². The molecule has 0 aliphatic carbocycles.